The average Bonchev–Trinajstić information content (AvgIpc) is 3.18. The number of hydrogen-bond donors (Lipinski definition) is 3. The first-order valence-electron chi connectivity index (χ1n) is 10.7. The zero-order valence-corrected chi connectivity index (χ0v) is 18.8. The third-order valence-corrected chi connectivity index (χ3v) is 5.77. The van der Waals surface area contributed by atoms with Gasteiger partial charge in [0.05, 0.1) is 5.52 Å². The summed E-state index contributed by atoms with van der Waals surface area (Å²) in [6, 6.07) is 13.9. The first kappa shape index (κ1) is 22.2. The normalized spacial score (nSPS) is 10.9. The number of amides is 2. The molecule has 4 rings (SSSR count). The third kappa shape index (κ3) is 4.48. The highest BCUT2D eigenvalue weighted by atomic mass is 19.1. The maximum atomic E-state index is 14.2. The fourth-order valence-corrected chi connectivity index (χ4v) is 4.07. The van der Waals surface area contributed by atoms with E-state index >= 15 is 0 Å². The van der Waals surface area contributed by atoms with Crippen LogP contribution in [0.15, 0.2) is 54.7 Å². The van der Waals surface area contributed by atoms with E-state index in [-0.39, 0.29) is 23.3 Å². The first-order valence-corrected chi connectivity index (χ1v) is 10.7. The molecule has 0 spiro atoms. The topological polar surface area (TPSA) is 86.9 Å². The highest BCUT2D eigenvalue weighted by molar-refractivity contribution is 5.96. The van der Waals surface area contributed by atoms with Gasteiger partial charge in [-0.2, -0.15) is 0 Å². The Morgan fingerprint density at radius 3 is 2.61 bits per heavy atom. The number of aryl methyl sites for hydroxylation is 2. The number of H-pyrrole nitrogens is 1. The molecular formula is C26H25FN4O2. The van der Waals surface area contributed by atoms with Gasteiger partial charge in [0.1, 0.15) is 11.5 Å². The zero-order valence-electron chi connectivity index (χ0n) is 18.8. The Morgan fingerprint density at radius 2 is 1.82 bits per heavy atom. The average molecular weight is 445 g/mol. The van der Waals surface area contributed by atoms with Crippen molar-refractivity contribution in [3.63, 3.8) is 0 Å². The summed E-state index contributed by atoms with van der Waals surface area (Å²) in [6.45, 7) is 4.25. The van der Waals surface area contributed by atoms with Crippen LogP contribution in [-0.4, -0.2) is 35.4 Å². The van der Waals surface area contributed by atoms with Crippen LogP contribution in [0, 0.1) is 19.7 Å². The van der Waals surface area contributed by atoms with Crippen molar-refractivity contribution in [2.45, 2.75) is 20.3 Å². The number of aromatic nitrogens is 2. The number of aromatic amines is 1. The molecule has 2 aromatic heterocycles. The molecule has 4 aromatic rings. The van der Waals surface area contributed by atoms with Crippen molar-refractivity contribution in [1.29, 1.82) is 0 Å². The number of carbonyl (C=O) groups is 2. The van der Waals surface area contributed by atoms with Gasteiger partial charge in [-0.3, -0.25) is 14.6 Å². The van der Waals surface area contributed by atoms with Gasteiger partial charge in [-0.05, 0) is 72.9 Å². The molecule has 0 saturated carbocycles. The van der Waals surface area contributed by atoms with Crippen molar-refractivity contribution in [2.75, 3.05) is 13.6 Å². The van der Waals surface area contributed by atoms with Crippen LogP contribution in [0.25, 0.3) is 22.0 Å². The molecule has 0 unspecified atom stereocenters. The second-order valence-electron chi connectivity index (χ2n) is 7.94. The Bertz CT molecular complexity index is 1360. The quantitative estimate of drug-likeness (QED) is 0.414. The van der Waals surface area contributed by atoms with E-state index in [0.717, 1.165) is 33.3 Å². The molecule has 7 heteroatoms. The third-order valence-electron chi connectivity index (χ3n) is 5.77. The van der Waals surface area contributed by atoms with Gasteiger partial charge in [-0.25, -0.2) is 4.39 Å². The molecule has 3 N–H and O–H groups in total. The van der Waals surface area contributed by atoms with E-state index < -0.39 is 0 Å². The Hall–Kier alpha value is -4.00. The van der Waals surface area contributed by atoms with Crippen LogP contribution >= 0.6 is 0 Å². The van der Waals surface area contributed by atoms with E-state index in [1.54, 1.807) is 49.6 Å². The Labute approximate surface area is 191 Å². The van der Waals surface area contributed by atoms with Crippen molar-refractivity contribution < 1.29 is 14.0 Å². The molecular weight excluding hydrogens is 419 g/mol. The summed E-state index contributed by atoms with van der Waals surface area (Å²) >= 11 is 0. The molecule has 0 fully saturated rings. The lowest BCUT2D eigenvalue weighted by Gasteiger charge is -2.09. The zero-order chi connectivity index (χ0) is 23.5. The molecule has 0 aliphatic rings. The smallest absolute Gasteiger partial charge is 0.269 e. The second-order valence-corrected chi connectivity index (χ2v) is 7.94. The predicted molar refractivity (Wildman–Crippen MR) is 127 cm³/mol. The van der Waals surface area contributed by atoms with Gasteiger partial charge in [0, 0.05) is 36.4 Å². The van der Waals surface area contributed by atoms with Crippen LogP contribution in [0.4, 0.5) is 4.39 Å². The lowest BCUT2D eigenvalue weighted by molar-refractivity contribution is 0.0945. The van der Waals surface area contributed by atoms with Crippen LogP contribution in [-0.2, 0) is 6.42 Å². The maximum Gasteiger partial charge on any atom is 0.269 e. The molecule has 2 amide bonds. The summed E-state index contributed by atoms with van der Waals surface area (Å²) in [5.74, 6) is -0.748. The van der Waals surface area contributed by atoms with Gasteiger partial charge in [0.2, 0.25) is 0 Å². The highest BCUT2D eigenvalue weighted by Gasteiger charge is 2.15. The minimum absolute atomic E-state index is 0.174. The summed E-state index contributed by atoms with van der Waals surface area (Å²) < 4.78 is 14.2. The van der Waals surface area contributed by atoms with Crippen LogP contribution in [0.5, 0.6) is 0 Å². The largest absolute Gasteiger partial charge is 0.356 e. The number of pyridine rings is 1. The van der Waals surface area contributed by atoms with Gasteiger partial charge in [0.15, 0.2) is 0 Å². The van der Waals surface area contributed by atoms with Crippen molar-refractivity contribution in [1.82, 2.24) is 20.6 Å². The number of fused-ring (bicyclic) bond motifs is 1. The van der Waals surface area contributed by atoms with E-state index in [1.165, 1.54) is 6.07 Å². The van der Waals surface area contributed by atoms with E-state index in [0.29, 0.717) is 24.0 Å². The van der Waals surface area contributed by atoms with Crippen LogP contribution in [0.1, 0.15) is 37.7 Å². The molecule has 2 heterocycles. The molecule has 33 heavy (non-hydrogen) atoms. The van der Waals surface area contributed by atoms with E-state index in [2.05, 4.69) is 20.6 Å². The minimum Gasteiger partial charge on any atom is -0.356 e. The fraction of sp³-hybridized carbons (Fsp3) is 0.192. The van der Waals surface area contributed by atoms with E-state index in [4.69, 9.17) is 0 Å². The summed E-state index contributed by atoms with van der Waals surface area (Å²) in [7, 11) is 1.58. The van der Waals surface area contributed by atoms with Gasteiger partial charge >= 0.3 is 0 Å². The Kier molecular flexibility index (Phi) is 6.22. The van der Waals surface area contributed by atoms with Gasteiger partial charge in [-0.1, -0.05) is 18.2 Å². The number of rotatable bonds is 6. The SMILES string of the molecule is CNC(=O)c1cccc(-c2ccnc(C(=O)NCCc3c(C)[nH]c4c(F)ccc(C)c34)c2)c1. The molecule has 2 aromatic carbocycles. The summed E-state index contributed by atoms with van der Waals surface area (Å²) in [4.78, 5) is 32.0. The lowest BCUT2D eigenvalue weighted by atomic mass is 10.0. The van der Waals surface area contributed by atoms with Crippen LogP contribution in [0.2, 0.25) is 0 Å². The number of nitrogens with zero attached hydrogens (tertiary/aromatic N) is 1. The molecule has 6 nitrogen and oxygen atoms in total. The van der Waals surface area contributed by atoms with Crippen LogP contribution in [0.3, 0.4) is 0 Å². The predicted octanol–water partition coefficient (Wildman–Crippen LogP) is 4.32. The van der Waals surface area contributed by atoms with Crippen LogP contribution < -0.4 is 10.6 Å². The molecule has 0 aliphatic heterocycles. The fourth-order valence-electron chi connectivity index (χ4n) is 4.07. The van der Waals surface area contributed by atoms with Crippen molar-refractivity contribution >= 4 is 22.7 Å². The van der Waals surface area contributed by atoms with E-state index in [1.807, 2.05) is 19.9 Å². The molecule has 168 valence electrons. The van der Waals surface area contributed by atoms with Crippen molar-refractivity contribution in [2.24, 2.45) is 0 Å². The highest BCUT2D eigenvalue weighted by Crippen LogP contribution is 2.28. The summed E-state index contributed by atoms with van der Waals surface area (Å²) in [5, 5.41) is 6.39. The van der Waals surface area contributed by atoms with Gasteiger partial charge in [0.25, 0.3) is 11.8 Å². The monoisotopic (exact) mass is 444 g/mol. The molecule has 0 radical (unpaired) electrons. The number of carbonyl (C=O) groups excluding carboxylic acids is 2. The lowest BCUT2D eigenvalue weighted by Crippen LogP contribution is -2.26. The number of hydrogen-bond acceptors (Lipinski definition) is 3. The Balaban J connectivity index is 1.49. The standard InChI is InChI=1S/C26H25FN4O2/c1-15-7-8-21(27)24-23(15)20(16(2)31-24)10-12-30-26(33)22-14-18(9-11-29-22)17-5-4-6-19(13-17)25(32)28-3/h4-9,11,13-14,31H,10,12H2,1-3H3,(H,28,32)(H,30,33). The number of benzene rings is 2. The maximum absolute atomic E-state index is 14.2. The molecule has 0 bridgehead atoms. The van der Waals surface area contributed by atoms with E-state index in [9.17, 15) is 14.0 Å². The van der Waals surface area contributed by atoms with Crippen molar-refractivity contribution in [3.05, 3.63) is 88.6 Å². The minimum atomic E-state index is -0.292. The summed E-state index contributed by atoms with van der Waals surface area (Å²) in [6.07, 6.45) is 2.14. The summed E-state index contributed by atoms with van der Waals surface area (Å²) in [5.41, 5.74) is 5.82. The van der Waals surface area contributed by atoms with Gasteiger partial charge < -0.3 is 15.6 Å². The second kappa shape index (κ2) is 9.24. The number of halogens is 1. The van der Waals surface area contributed by atoms with Crippen molar-refractivity contribution in [3.8, 4) is 11.1 Å². The Morgan fingerprint density at radius 1 is 1.03 bits per heavy atom. The van der Waals surface area contributed by atoms with Gasteiger partial charge in [-0.15, -0.1) is 0 Å². The number of nitrogens with one attached hydrogen (secondary N) is 3. The molecule has 0 saturated heterocycles. The molecule has 0 aliphatic carbocycles. The molecule has 0 atom stereocenters. The first-order chi connectivity index (χ1) is 15.9.